The number of carbonyl (C=O) groups is 1. The quantitative estimate of drug-likeness (QED) is 0.813. The summed E-state index contributed by atoms with van der Waals surface area (Å²) in [7, 11) is 0. The zero-order valence-corrected chi connectivity index (χ0v) is 11.4. The van der Waals surface area contributed by atoms with Crippen LogP contribution in [0.25, 0.3) is 0 Å². The van der Waals surface area contributed by atoms with Gasteiger partial charge in [0, 0.05) is 0 Å². The van der Waals surface area contributed by atoms with Crippen molar-refractivity contribution in [3.63, 3.8) is 0 Å². The monoisotopic (exact) mass is 251 g/mol. The van der Waals surface area contributed by atoms with Gasteiger partial charge in [0.15, 0.2) is 0 Å². The van der Waals surface area contributed by atoms with Crippen molar-refractivity contribution < 1.29 is 14.3 Å². The van der Waals surface area contributed by atoms with Crippen molar-refractivity contribution in [2.24, 2.45) is 5.73 Å². The molecular weight excluding hydrogens is 230 g/mol. The molecule has 4 heteroatoms. The molecule has 0 amide bonds. The fourth-order valence-corrected chi connectivity index (χ4v) is 1.60. The van der Waals surface area contributed by atoms with Crippen LogP contribution in [0.4, 0.5) is 0 Å². The van der Waals surface area contributed by atoms with Gasteiger partial charge in [0.05, 0.1) is 6.61 Å². The molecule has 4 nitrogen and oxygen atoms in total. The lowest BCUT2D eigenvalue weighted by Crippen LogP contribution is -2.51. The molecule has 100 valence electrons. The molecule has 1 rings (SSSR count). The Hall–Kier alpha value is -1.55. The highest BCUT2D eigenvalue weighted by molar-refractivity contribution is 5.80. The van der Waals surface area contributed by atoms with Crippen LogP contribution in [-0.4, -0.2) is 24.7 Å². The van der Waals surface area contributed by atoms with E-state index in [1.807, 2.05) is 32.0 Å². The minimum atomic E-state index is -1.13. The summed E-state index contributed by atoms with van der Waals surface area (Å²) in [4.78, 5) is 11.6. The normalized spacial score (nSPS) is 13.8. The fraction of sp³-hybridized carbons (Fsp3) is 0.500. The first-order chi connectivity index (χ1) is 8.38. The summed E-state index contributed by atoms with van der Waals surface area (Å²) < 4.78 is 10.6. The van der Waals surface area contributed by atoms with Gasteiger partial charge < -0.3 is 15.2 Å². The predicted molar refractivity (Wildman–Crippen MR) is 70.6 cm³/mol. The lowest BCUT2D eigenvalue weighted by Gasteiger charge is -2.23. The minimum Gasteiger partial charge on any atom is -0.490 e. The van der Waals surface area contributed by atoms with E-state index < -0.39 is 11.5 Å². The van der Waals surface area contributed by atoms with E-state index in [9.17, 15) is 4.79 Å². The summed E-state index contributed by atoms with van der Waals surface area (Å²) in [6.45, 7) is 7.69. The van der Waals surface area contributed by atoms with Gasteiger partial charge in [-0.05, 0) is 38.8 Å². The van der Waals surface area contributed by atoms with E-state index >= 15 is 0 Å². The van der Waals surface area contributed by atoms with E-state index in [4.69, 9.17) is 15.2 Å². The first-order valence-corrected chi connectivity index (χ1v) is 6.03. The van der Waals surface area contributed by atoms with Crippen LogP contribution in [0.5, 0.6) is 5.75 Å². The van der Waals surface area contributed by atoms with E-state index in [-0.39, 0.29) is 6.61 Å². The SMILES string of the molecule is CCOC(=O)C(C)(N)COc1c(C)cccc1C. The van der Waals surface area contributed by atoms with Gasteiger partial charge in [0.25, 0.3) is 0 Å². The van der Waals surface area contributed by atoms with E-state index in [0.29, 0.717) is 6.61 Å². The van der Waals surface area contributed by atoms with E-state index in [0.717, 1.165) is 16.9 Å². The summed E-state index contributed by atoms with van der Waals surface area (Å²) in [5.41, 5.74) is 6.81. The van der Waals surface area contributed by atoms with Gasteiger partial charge in [-0.25, -0.2) is 4.79 Å². The highest BCUT2D eigenvalue weighted by Gasteiger charge is 2.31. The van der Waals surface area contributed by atoms with Gasteiger partial charge in [-0.15, -0.1) is 0 Å². The maximum Gasteiger partial charge on any atom is 0.329 e. The van der Waals surface area contributed by atoms with Crippen molar-refractivity contribution in [2.75, 3.05) is 13.2 Å². The molecule has 1 unspecified atom stereocenters. The lowest BCUT2D eigenvalue weighted by molar-refractivity contribution is -0.150. The molecule has 0 bridgehead atoms. The summed E-state index contributed by atoms with van der Waals surface area (Å²) in [6.07, 6.45) is 0. The Labute approximate surface area is 108 Å². The number of hydrogen-bond donors (Lipinski definition) is 1. The van der Waals surface area contributed by atoms with Crippen LogP contribution in [0.3, 0.4) is 0 Å². The summed E-state index contributed by atoms with van der Waals surface area (Å²) in [5.74, 6) is 0.328. The molecule has 1 aromatic carbocycles. The van der Waals surface area contributed by atoms with Crippen LogP contribution in [0.2, 0.25) is 0 Å². The number of esters is 1. The van der Waals surface area contributed by atoms with Gasteiger partial charge in [0.1, 0.15) is 17.9 Å². The van der Waals surface area contributed by atoms with Gasteiger partial charge >= 0.3 is 5.97 Å². The first kappa shape index (κ1) is 14.5. The second kappa shape index (κ2) is 5.87. The Bertz CT molecular complexity index is 407. The third-order valence-corrected chi connectivity index (χ3v) is 2.67. The zero-order chi connectivity index (χ0) is 13.8. The van der Waals surface area contributed by atoms with E-state index in [1.165, 1.54) is 0 Å². The summed E-state index contributed by atoms with van der Waals surface area (Å²) in [6, 6.07) is 5.88. The molecule has 1 aromatic rings. The molecule has 0 saturated carbocycles. The lowest BCUT2D eigenvalue weighted by atomic mass is 10.1. The minimum absolute atomic E-state index is 0.0948. The first-order valence-electron chi connectivity index (χ1n) is 6.03. The highest BCUT2D eigenvalue weighted by atomic mass is 16.5. The van der Waals surface area contributed by atoms with Crippen LogP contribution in [-0.2, 0) is 9.53 Å². The number of aryl methyl sites for hydroxylation is 2. The van der Waals surface area contributed by atoms with Crippen molar-refractivity contribution in [2.45, 2.75) is 33.2 Å². The van der Waals surface area contributed by atoms with Crippen LogP contribution < -0.4 is 10.5 Å². The number of ether oxygens (including phenoxy) is 2. The number of carbonyl (C=O) groups excluding carboxylic acids is 1. The maximum absolute atomic E-state index is 11.6. The number of para-hydroxylation sites is 1. The van der Waals surface area contributed by atoms with Crippen LogP contribution in [0.15, 0.2) is 18.2 Å². The van der Waals surface area contributed by atoms with Crippen LogP contribution >= 0.6 is 0 Å². The Morgan fingerprint density at radius 2 is 1.89 bits per heavy atom. The topological polar surface area (TPSA) is 61.5 Å². The Morgan fingerprint density at radius 3 is 2.39 bits per heavy atom. The largest absolute Gasteiger partial charge is 0.490 e. The number of nitrogens with two attached hydrogens (primary N) is 1. The molecule has 0 aliphatic heterocycles. The summed E-state index contributed by atoms with van der Waals surface area (Å²) in [5, 5.41) is 0. The smallest absolute Gasteiger partial charge is 0.329 e. The zero-order valence-electron chi connectivity index (χ0n) is 11.4. The molecular formula is C14H21NO3. The van der Waals surface area contributed by atoms with Crippen molar-refractivity contribution in [1.29, 1.82) is 0 Å². The molecule has 18 heavy (non-hydrogen) atoms. The van der Waals surface area contributed by atoms with Crippen molar-refractivity contribution in [3.05, 3.63) is 29.3 Å². The molecule has 2 N–H and O–H groups in total. The molecule has 0 aliphatic carbocycles. The van der Waals surface area contributed by atoms with E-state index in [2.05, 4.69) is 0 Å². The Balaban J connectivity index is 2.73. The van der Waals surface area contributed by atoms with Gasteiger partial charge in [0.2, 0.25) is 0 Å². The number of hydrogen-bond acceptors (Lipinski definition) is 4. The molecule has 0 fully saturated rings. The number of benzene rings is 1. The molecule has 0 heterocycles. The molecule has 0 saturated heterocycles. The standard InChI is InChI=1S/C14H21NO3/c1-5-17-13(16)14(4,15)9-18-12-10(2)7-6-8-11(12)3/h6-8H,5,9,15H2,1-4H3. The van der Waals surface area contributed by atoms with Crippen LogP contribution in [0, 0.1) is 13.8 Å². The number of rotatable bonds is 5. The molecule has 1 atom stereocenters. The second-order valence-electron chi connectivity index (χ2n) is 4.65. The molecule has 0 aromatic heterocycles. The fourth-order valence-electron chi connectivity index (χ4n) is 1.60. The third-order valence-electron chi connectivity index (χ3n) is 2.67. The van der Waals surface area contributed by atoms with E-state index in [1.54, 1.807) is 13.8 Å². The van der Waals surface area contributed by atoms with Gasteiger partial charge in [-0.3, -0.25) is 0 Å². The average Bonchev–Trinajstić information content (AvgIpc) is 2.28. The van der Waals surface area contributed by atoms with Crippen molar-refractivity contribution in [3.8, 4) is 5.75 Å². The predicted octanol–water partition coefficient (Wildman–Crippen LogP) is 1.96. The maximum atomic E-state index is 11.6. The Morgan fingerprint density at radius 1 is 1.33 bits per heavy atom. The average molecular weight is 251 g/mol. The summed E-state index contributed by atoms with van der Waals surface area (Å²) >= 11 is 0. The second-order valence-corrected chi connectivity index (χ2v) is 4.65. The van der Waals surface area contributed by atoms with Crippen molar-refractivity contribution in [1.82, 2.24) is 0 Å². The molecule has 0 spiro atoms. The van der Waals surface area contributed by atoms with Gasteiger partial charge in [-0.2, -0.15) is 0 Å². The Kier molecular flexibility index (Phi) is 4.73. The molecule has 0 radical (unpaired) electrons. The van der Waals surface area contributed by atoms with Crippen LogP contribution in [0.1, 0.15) is 25.0 Å². The van der Waals surface area contributed by atoms with Gasteiger partial charge in [-0.1, -0.05) is 18.2 Å². The third kappa shape index (κ3) is 3.47. The van der Waals surface area contributed by atoms with Crippen molar-refractivity contribution >= 4 is 5.97 Å². The molecule has 0 aliphatic rings. The highest BCUT2D eigenvalue weighted by Crippen LogP contribution is 2.23.